The van der Waals surface area contributed by atoms with E-state index in [-0.39, 0.29) is 18.2 Å². The summed E-state index contributed by atoms with van der Waals surface area (Å²) >= 11 is 0. The van der Waals surface area contributed by atoms with Gasteiger partial charge in [0.25, 0.3) is 0 Å². The standard InChI is InChI=1S/C22H28FNO2.ClH/c1-3-13-24-14-12-22(17-4-6-19(23)7-5-17)18(15-24)16-26-21-10-8-20(25-2)9-11-21;/h4-11,18,22H,3,12-16H2,1-2H3;1H/t18-,22-;/m0./s1. The van der Waals surface area contributed by atoms with Crippen LogP contribution in [0.4, 0.5) is 4.39 Å². The van der Waals surface area contributed by atoms with Gasteiger partial charge in [0.1, 0.15) is 17.3 Å². The second-order valence-corrected chi connectivity index (χ2v) is 6.99. The van der Waals surface area contributed by atoms with Crippen LogP contribution < -0.4 is 9.47 Å². The van der Waals surface area contributed by atoms with Crippen LogP contribution in [0.3, 0.4) is 0 Å². The highest BCUT2D eigenvalue weighted by molar-refractivity contribution is 5.85. The monoisotopic (exact) mass is 393 g/mol. The van der Waals surface area contributed by atoms with Crippen molar-refractivity contribution in [1.82, 2.24) is 4.90 Å². The van der Waals surface area contributed by atoms with Gasteiger partial charge < -0.3 is 14.4 Å². The summed E-state index contributed by atoms with van der Waals surface area (Å²) in [5.74, 6) is 2.30. The van der Waals surface area contributed by atoms with Crippen LogP contribution in [0.2, 0.25) is 0 Å². The molecule has 0 bridgehead atoms. The summed E-state index contributed by atoms with van der Waals surface area (Å²) in [4.78, 5) is 2.52. The molecule has 1 aliphatic heterocycles. The lowest BCUT2D eigenvalue weighted by Crippen LogP contribution is -2.42. The number of halogens is 2. The molecule has 0 aliphatic carbocycles. The Hall–Kier alpha value is -1.78. The number of rotatable bonds is 7. The molecule has 3 rings (SSSR count). The zero-order chi connectivity index (χ0) is 18.4. The van der Waals surface area contributed by atoms with Gasteiger partial charge in [-0.15, -0.1) is 12.4 Å². The van der Waals surface area contributed by atoms with Crippen molar-refractivity contribution in [3.8, 4) is 11.5 Å². The van der Waals surface area contributed by atoms with Crippen molar-refractivity contribution in [2.24, 2.45) is 5.92 Å². The third-order valence-corrected chi connectivity index (χ3v) is 5.18. The molecule has 0 N–H and O–H groups in total. The molecule has 148 valence electrons. The molecule has 1 fully saturated rings. The third-order valence-electron chi connectivity index (χ3n) is 5.18. The molecule has 0 radical (unpaired) electrons. The number of piperidine rings is 1. The summed E-state index contributed by atoms with van der Waals surface area (Å²) in [5, 5.41) is 0. The number of nitrogens with zero attached hydrogens (tertiary/aromatic N) is 1. The van der Waals surface area contributed by atoms with E-state index in [1.54, 1.807) is 19.2 Å². The van der Waals surface area contributed by atoms with Crippen LogP contribution in [0.1, 0.15) is 31.2 Å². The summed E-state index contributed by atoms with van der Waals surface area (Å²) in [6, 6.07) is 14.7. The maximum atomic E-state index is 13.3. The van der Waals surface area contributed by atoms with E-state index in [2.05, 4.69) is 11.8 Å². The van der Waals surface area contributed by atoms with Crippen LogP contribution >= 0.6 is 12.4 Å². The summed E-state index contributed by atoms with van der Waals surface area (Å²) in [6.07, 6.45) is 2.25. The average molecular weight is 394 g/mol. The summed E-state index contributed by atoms with van der Waals surface area (Å²) in [5.41, 5.74) is 1.21. The predicted octanol–water partition coefficient (Wildman–Crippen LogP) is 5.15. The van der Waals surface area contributed by atoms with Gasteiger partial charge in [-0.3, -0.25) is 0 Å². The SMILES string of the molecule is CCCN1CC[C@@H](c2ccc(F)cc2)[C@H](COc2ccc(OC)cc2)C1.Cl. The number of hydrogen-bond acceptors (Lipinski definition) is 3. The molecule has 5 heteroatoms. The van der Waals surface area contributed by atoms with Crippen molar-refractivity contribution in [2.45, 2.75) is 25.7 Å². The minimum atomic E-state index is -0.178. The summed E-state index contributed by atoms with van der Waals surface area (Å²) in [7, 11) is 1.66. The average Bonchev–Trinajstić information content (AvgIpc) is 2.68. The number of ether oxygens (including phenoxy) is 2. The number of hydrogen-bond donors (Lipinski definition) is 0. The molecule has 1 aliphatic rings. The number of benzene rings is 2. The molecule has 2 aromatic rings. The zero-order valence-corrected chi connectivity index (χ0v) is 16.9. The van der Waals surface area contributed by atoms with Gasteiger partial charge in [0.2, 0.25) is 0 Å². The maximum absolute atomic E-state index is 13.3. The van der Waals surface area contributed by atoms with Crippen molar-refractivity contribution in [3.63, 3.8) is 0 Å². The zero-order valence-electron chi connectivity index (χ0n) is 16.1. The highest BCUT2D eigenvalue weighted by Crippen LogP contribution is 2.34. The summed E-state index contributed by atoms with van der Waals surface area (Å²) < 4.78 is 24.6. The highest BCUT2D eigenvalue weighted by atomic mass is 35.5. The van der Waals surface area contributed by atoms with Crippen molar-refractivity contribution in [1.29, 1.82) is 0 Å². The topological polar surface area (TPSA) is 21.7 Å². The Bertz CT molecular complexity index is 678. The lowest BCUT2D eigenvalue weighted by molar-refractivity contribution is 0.111. The Morgan fingerprint density at radius 1 is 1.04 bits per heavy atom. The molecule has 0 aromatic heterocycles. The first-order chi connectivity index (χ1) is 12.7. The van der Waals surface area contributed by atoms with E-state index in [1.165, 1.54) is 5.56 Å². The molecule has 3 nitrogen and oxygen atoms in total. The van der Waals surface area contributed by atoms with Gasteiger partial charge in [-0.2, -0.15) is 0 Å². The second-order valence-electron chi connectivity index (χ2n) is 6.99. The van der Waals surface area contributed by atoms with Gasteiger partial charge in [0, 0.05) is 12.5 Å². The first kappa shape index (κ1) is 21.5. The van der Waals surface area contributed by atoms with E-state index in [1.807, 2.05) is 36.4 Å². The van der Waals surface area contributed by atoms with Crippen molar-refractivity contribution >= 4 is 12.4 Å². The molecule has 0 saturated carbocycles. The van der Waals surface area contributed by atoms with E-state index in [0.717, 1.165) is 44.0 Å². The largest absolute Gasteiger partial charge is 0.497 e. The fraction of sp³-hybridized carbons (Fsp3) is 0.455. The van der Waals surface area contributed by atoms with Crippen LogP contribution in [0.25, 0.3) is 0 Å². The second kappa shape index (κ2) is 10.5. The Morgan fingerprint density at radius 2 is 1.70 bits per heavy atom. The molecule has 2 aromatic carbocycles. The lowest BCUT2D eigenvalue weighted by atomic mass is 9.81. The molecule has 0 spiro atoms. The van der Waals surface area contributed by atoms with E-state index in [9.17, 15) is 4.39 Å². The van der Waals surface area contributed by atoms with Gasteiger partial charge in [-0.25, -0.2) is 4.39 Å². The van der Waals surface area contributed by atoms with E-state index >= 15 is 0 Å². The van der Waals surface area contributed by atoms with Crippen LogP contribution in [-0.2, 0) is 0 Å². The smallest absolute Gasteiger partial charge is 0.123 e. The van der Waals surface area contributed by atoms with Gasteiger partial charge >= 0.3 is 0 Å². The van der Waals surface area contributed by atoms with Crippen molar-refractivity contribution < 1.29 is 13.9 Å². The molecule has 1 saturated heterocycles. The van der Waals surface area contributed by atoms with Crippen LogP contribution in [-0.4, -0.2) is 38.3 Å². The minimum Gasteiger partial charge on any atom is -0.497 e. The Labute approximate surface area is 167 Å². The number of likely N-dealkylation sites (tertiary alicyclic amines) is 1. The molecular formula is C22H29ClFNO2. The Morgan fingerprint density at radius 3 is 2.33 bits per heavy atom. The van der Waals surface area contributed by atoms with Gasteiger partial charge in [0.15, 0.2) is 0 Å². The third kappa shape index (κ3) is 5.85. The fourth-order valence-corrected chi connectivity index (χ4v) is 3.82. The van der Waals surface area contributed by atoms with Gasteiger partial charge in [-0.1, -0.05) is 19.1 Å². The maximum Gasteiger partial charge on any atom is 0.123 e. The van der Waals surface area contributed by atoms with Crippen molar-refractivity contribution in [2.75, 3.05) is 33.4 Å². The Balaban J connectivity index is 0.00000261. The predicted molar refractivity (Wildman–Crippen MR) is 110 cm³/mol. The first-order valence-electron chi connectivity index (χ1n) is 9.44. The van der Waals surface area contributed by atoms with Gasteiger partial charge in [-0.05, 0) is 73.8 Å². The van der Waals surface area contributed by atoms with Crippen LogP contribution in [0, 0.1) is 11.7 Å². The molecule has 2 atom stereocenters. The molecular weight excluding hydrogens is 365 g/mol. The van der Waals surface area contributed by atoms with Crippen molar-refractivity contribution in [3.05, 3.63) is 59.9 Å². The lowest BCUT2D eigenvalue weighted by Gasteiger charge is -2.38. The number of methoxy groups -OCH3 is 1. The van der Waals surface area contributed by atoms with E-state index in [0.29, 0.717) is 18.4 Å². The normalized spacial score (nSPS) is 20.0. The fourth-order valence-electron chi connectivity index (χ4n) is 3.82. The first-order valence-corrected chi connectivity index (χ1v) is 9.44. The van der Waals surface area contributed by atoms with Crippen LogP contribution in [0.15, 0.2) is 48.5 Å². The van der Waals surface area contributed by atoms with E-state index in [4.69, 9.17) is 9.47 Å². The Kier molecular flexibility index (Phi) is 8.39. The molecule has 27 heavy (non-hydrogen) atoms. The minimum absolute atomic E-state index is 0. The molecule has 1 heterocycles. The highest BCUT2D eigenvalue weighted by Gasteiger charge is 2.30. The van der Waals surface area contributed by atoms with E-state index < -0.39 is 0 Å². The molecule has 0 unspecified atom stereocenters. The summed E-state index contributed by atoms with van der Waals surface area (Å²) in [6.45, 7) is 6.11. The van der Waals surface area contributed by atoms with Crippen LogP contribution in [0.5, 0.6) is 11.5 Å². The molecule has 0 amide bonds. The quantitative estimate of drug-likeness (QED) is 0.649. The van der Waals surface area contributed by atoms with Gasteiger partial charge in [0.05, 0.1) is 13.7 Å².